The van der Waals surface area contributed by atoms with E-state index in [1.54, 1.807) is 0 Å². The molecule has 0 bridgehead atoms. The molecule has 0 atom stereocenters. The van der Waals surface area contributed by atoms with Gasteiger partial charge in [-0.2, -0.15) is 0 Å². The van der Waals surface area contributed by atoms with Gasteiger partial charge in [0.15, 0.2) is 0 Å². The van der Waals surface area contributed by atoms with E-state index in [0.717, 1.165) is 5.76 Å². The highest BCUT2D eigenvalue weighted by Crippen LogP contribution is 2.21. The highest BCUT2D eigenvalue weighted by Gasteiger charge is 2.40. The normalized spacial score (nSPS) is 12.9. The Morgan fingerprint density at radius 3 is 1.55 bits per heavy atom. The summed E-state index contributed by atoms with van der Waals surface area (Å²) in [6.45, 7) is 17.4. The summed E-state index contributed by atoms with van der Waals surface area (Å²) in [6, 6.07) is 0. The first kappa shape index (κ1) is 11.0. The minimum Gasteiger partial charge on any atom is -0.551 e. The molecular weight excluding hydrogens is 168 g/mol. The zero-order valence-electron chi connectivity index (χ0n) is 8.62. The fourth-order valence-corrected chi connectivity index (χ4v) is 3.21. The van der Waals surface area contributed by atoms with Crippen molar-refractivity contribution in [3.8, 4) is 0 Å². The Morgan fingerprint density at radius 2 is 1.45 bits per heavy atom. The fourth-order valence-electron chi connectivity index (χ4n) is 0.589. The van der Waals surface area contributed by atoms with E-state index in [2.05, 4.69) is 39.3 Å². The largest absolute Gasteiger partial charge is 0.551 e. The summed E-state index contributed by atoms with van der Waals surface area (Å²) in [5, 5.41) is 0. The van der Waals surface area contributed by atoms with Gasteiger partial charge in [-0.15, -0.1) is 0 Å². The molecule has 0 saturated carbocycles. The van der Waals surface area contributed by atoms with Gasteiger partial charge >= 0.3 is 0 Å². The van der Waals surface area contributed by atoms with Gasteiger partial charge in [0, 0.05) is 0 Å². The minimum atomic E-state index is -1.43. The van der Waals surface area contributed by atoms with E-state index >= 15 is 0 Å². The summed E-state index contributed by atoms with van der Waals surface area (Å²) in [5.41, 5.74) is 0. The summed E-state index contributed by atoms with van der Waals surface area (Å²) >= 11 is 0. The second-order valence-corrected chi connectivity index (χ2v) is 20.4. The second-order valence-electron chi connectivity index (χ2n) is 4.56. The molecule has 0 saturated heterocycles. The van der Waals surface area contributed by atoms with E-state index in [1.165, 1.54) is 0 Å². The zero-order chi connectivity index (χ0) is 9.28. The Morgan fingerprint density at radius 1 is 1.09 bits per heavy atom. The molecule has 0 aliphatic rings. The van der Waals surface area contributed by atoms with Crippen molar-refractivity contribution in [2.75, 3.05) is 0 Å². The molecule has 0 aliphatic carbocycles. The summed E-state index contributed by atoms with van der Waals surface area (Å²) in [5.74, 6) is 0.879. The van der Waals surface area contributed by atoms with Crippen molar-refractivity contribution in [3.63, 3.8) is 0 Å². The van der Waals surface area contributed by atoms with E-state index in [0.29, 0.717) is 0 Å². The third kappa shape index (κ3) is 3.25. The first-order chi connectivity index (χ1) is 4.67. The van der Waals surface area contributed by atoms with E-state index in [4.69, 9.17) is 4.43 Å². The van der Waals surface area contributed by atoms with Crippen molar-refractivity contribution in [2.24, 2.45) is 0 Å². The van der Waals surface area contributed by atoms with Gasteiger partial charge in [-0.1, -0.05) is 26.2 Å². The molecule has 0 amide bonds. The van der Waals surface area contributed by atoms with Gasteiger partial charge in [-0.3, -0.25) is 0 Å². The highest BCUT2D eigenvalue weighted by atomic mass is 29.3. The van der Waals surface area contributed by atoms with E-state index in [1.807, 2.05) is 6.92 Å². The maximum Gasteiger partial charge on any atom is 0.228 e. The van der Waals surface area contributed by atoms with Crippen molar-refractivity contribution >= 4 is 15.4 Å². The summed E-state index contributed by atoms with van der Waals surface area (Å²) in [4.78, 5) is 0. The number of hydrogen-bond acceptors (Lipinski definition) is 1. The van der Waals surface area contributed by atoms with Crippen LogP contribution in [-0.4, -0.2) is 15.4 Å². The molecule has 3 heteroatoms. The third-order valence-corrected chi connectivity index (χ3v) is 17.9. The SMILES string of the molecule is C=C(C)O[Si](C)(C)[Si](C)(C)C. The predicted octanol–water partition coefficient (Wildman–Crippen LogP) is 3.16. The molecule has 0 aromatic heterocycles. The van der Waals surface area contributed by atoms with Crippen LogP contribution in [0.15, 0.2) is 12.3 Å². The smallest absolute Gasteiger partial charge is 0.228 e. The number of hydrogen-bond donors (Lipinski definition) is 0. The van der Waals surface area contributed by atoms with Crippen molar-refractivity contribution in [2.45, 2.75) is 39.7 Å². The van der Waals surface area contributed by atoms with Crippen LogP contribution in [-0.2, 0) is 4.43 Å². The average Bonchev–Trinajstić information content (AvgIpc) is 1.56. The van der Waals surface area contributed by atoms with Crippen LogP contribution in [0.25, 0.3) is 0 Å². The van der Waals surface area contributed by atoms with Crippen LogP contribution in [0, 0.1) is 0 Å². The van der Waals surface area contributed by atoms with Gasteiger partial charge < -0.3 is 4.43 Å². The minimum absolute atomic E-state index is 0.879. The molecule has 0 unspecified atom stereocenters. The molecule has 0 aromatic carbocycles. The molecule has 0 aromatic rings. The lowest BCUT2D eigenvalue weighted by Crippen LogP contribution is -2.54. The van der Waals surface area contributed by atoms with Crippen LogP contribution in [0.4, 0.5) is 0 Å². The van der Waals surface area contributed by atoms with Gasteiger partial charge in [0.05, 0.1) is 13.4 Å². The lowest BCUT2D eigenvalue weighted by atomic mass is 10.7. The molecule has 0 rings (SSSR count). The van der Waals surface area contributed by atoms with Crippen LogP contribution < -0.4 is 0 Å². The molecule has 0 spiro atoms. The van der Waals surface area contributed by atoms with Crippen LogP contribution >= 0.6 is 0 Å². The van der Waals surface area contributed by atoms with Gasteiger partial charge in [-0.25, -0.2) is 0 Å². The Balaban J connectivity index is 4.34. The first-order valence-corrected chi connectivity index (χ1v) is 11.4. The van der Waals surface area contributed by atoms with Crippen molar-refractivity contribution in [1.82, 2.24) is 0 Å². The number of allylic oxidation sites excluding steroid dienone is 1. The Hall–Kier alpha value is -0.0262. The van der Waals surface area contributed by atoms with Gasteiger partial charge in [0.2, 0.25) is 7.83 Å². The van der Waals surface area contributed by atoms with Crippen molar-refractivity contribution in [3.05, 3.63) is 12.3 Å². The Bertz CT molecular complexity index is 156. The van der Waals surface area contributed by atoms with Crippen LogP contribution in [0.1, 0.15) is 6.92 Å². The first-order valence-electron chi connectivity index (χ1n) is 4.01. The summed E-state index contributed by atoms with van der Waals surface area (Å²) < 4.78 is 5.81. The lowest BCUT2D eigenvalue weighted by molar-refractivity contribution is 0.436. The third-order valence-electron chi connectivity index (χ3n) is 2.24. The standard InChI is InChI=1S/C8H20OSi2/c1-8(2)9-11(6,7)10(3,4)5/h1H2,2-7H3. The molecule has 66 valence electrons. The van der Waals surface area contributed by atoms with Gasteiger partial charge in [0.25, 0.3) is 0 Å². The molecule has 0 fully saturated rings. The van der Waals surface area contributed by atoms with E-state index in [-0.39, 0.29) is 0 Å². The average molecular weight is 188 g/mol. The molecule has 0 N–H and O–H groups in total. The van der Waals surface area contributed by atoms with Crippen molar-refractivity contribution < 1.29 is 4.43 Å². The maximum absolute atomic E-state index is 5.81. The van der Waals surface area contributed by atoms with Gasteiger partial charge in [-0.05, 0) is 20.0 Å². The molecule has 0 aliphatic heterocycles. The molecule has 0 radical (unpaired) electrons. The monoisotopic (exact) mass is 188 g/mol. The van der Waals surface area contributed by atoms with Crippen LogP contribution in [0.3, 0.4) is 0 Å². The highest BCUT2D eigenvalue weighted by molar-refractivity contribution is 7.37. The van der Waals surface area contributed by atoms with Crippen molar-refractivity contribution in [1.29, 1.82) is 0 Å². The Labute approximate surface area is 72.4 Å². The molecule has 11 heavy (non-hydrogen) atoms. The van der Waals surface area contributed by atoms with E-state index < -0.39 is 15.4 Å². The van der Waals surface area contributed by atoms with Crippen LogP contribution in [0.2, 0.25) is 32.7 Å². The Kier molecular flexibility index (Phi) is 3.14. The fraction of sp³-hybridized carbons (Fsp3) is 0.750. The molecule has 1 nitrogen and oxygen atoms in total. The summed E-state index contributed by atoms with van der Waals surface area (Å²) in [7, 11) is -2.52. The quantitative estimate of drug-likeness (QED) is 0.488. The van der Waals surface area contributed by atoms with E-state index in [9.17, 15) is 0 Å². The predicted molar refractivity (Wildman–Crippen MR) is 56.7 cm³/mol. The molecular formula is C8H20OSi2. The number of rotatable bonds is 3. The maximum atomic E-state index is 5.81. The zero-order valence-corrected chi connectivity index (χ0v) is 10.6. The second kappa shape index (κ2) is 3.15. The summed E-state index contributed by atoms with van der Waals surface area (Å²) in [6.07, 6.45) is 0. The lowest BCUT2D eigenvalue weighted by Gasteiger charge is -2.35. The topological polar surface area (TPSA) is 9.23 Å². The van der Waals surface area contributed by atoms with Crippen LogP contribution in [0.5, 0.6) is 0 Å². The molecule has 0 heterocycles. The van der Waals surface area contributed by atoms with Gasteiger partial charge in [0.1, 0.15) is 0 Å².